The Hall–Kier alpha value is -1.39. The highest BCUT2D eigenvalue weighted by Gasteiger charge is 2.45. The van der Waals surface area contributed by atoms with Crippen molar-refractivity contribution in [2.75, 3.05) is 26.2 Å². The topological polar surface area (TPSA) is 52.6 Å². The van der Waals surface area contributed by atoms with E-state index >= 15 is 0 Å². The van der Waals surface area contributed by atoms with Crippen LogP contribution in [0.2, 0.25) is 0 Å². The predicted octanol–water partition coefficient (Wildman–Crippen LogP) is 2.32. The molecule has 0 spiro atoms. The summed E-state index contributed by atoms with van der Waals surface area (Å²) in [7, 11) is 0. The van der Waals surface area contributed by atoms with Gasteiger partial charge in [0.1, 0.15) is 0 Å². The highest BCUT2D eigenvalue weighted by atomic mass is 16.3. The highest BCUT2D eigenvalue weighted by molar-refractivity contribution is 5.89. The first kappa shape index (κ1) is 17.4. The summed E-state index contributed by atoms with van der Waals surface area (Å²) in [5, 5.41) is 13.3. The first-order chi connectivity index (χ1) is 11.6. The number of rotatable bonds is 6. The summed E-state index contributed by atoms with van der Waals surface area (Å²) in [6.07, 6.45) is 4.82. The average molecular weight is 330 g/mol. The summed E-state index contributed by atoms with van der Waals surface area (Å²) in [5.41, 5.74) is 0.731. The summed E-state index contributed by atoms with van der Waals surface area (Å²) in [6.45, 7) is 5.40. The Morgan fingerprint density at radius 1 is 1.29 bits per heavy atom. The fourth-order valence-electron chi connectivity index (χ4n) is 3.92. The maximum Gasteiger partial charge on any atom is 0.230 e. The third-order valence-electron chi connectivity index (χ3n) is 5.81. The van der Waals surface area contributed by atoms with E-state index in [1.54, 1.807) is 0 Å². The quantitative estimate of drug-likeness (QED) is 0.842. The van der Waals surface area contributed by atoms with Crippen LogP contribution in [-0.4, -0.2) is 48.2 Å². The molecule has 1 unspecified atom stereocenters. The normalized spacial score (nSPS) is 22.6. The molecular weight excluding hydrogens is 300 g/mol. The smallest absolute Gasteiger partial charge is 0.230 e. The number of nitrogens with one attached hydrogen (secondary N) is 1. The number of amides is 1. The van der Waals surface area contributed by atoms with Crippen LogP contribution in [0.15, 0.2) is 30.3 Å². The van der Waals surface area contributed by atoms with Gasteiger partial charge in [-0.25, -0.2) is 0 Å². The Balaban J connectivity index is 1.49. The van der Waals surface area contributed by atoms with Gasteiger partial charge in [0, 0.05) is 13.1 Å². The molecule has 1 saturated carbocycles. The number of benzene rings is 1. The van der Waals surface area contributed by atoms with Crippen molar-refractivity contribution in [3.63, 3.8) is 0 Å². The molecule has 2 aliphatic rings. The van der Waals surface area contributed by atoms with E-state index in [4.69, 9.17) is 0 Å². The van der Waals surface area contributed by atoms with Crippen LogP contribution in [0.1, 0.15) is 44.6 Å². The zero-order chi connectivity index (χ0) is 17.0. The molecular formula is C20H30N2O2. The van der Waals surface area contributed by atoms with Crippen LogP contribution in [0.4, 0.5) is 0 Å². The van der Waals surface area contributed by atoms with Gasteiger partial charge >= 0.3 is 0 Å². The van der Waals surface area contributed by atoms with E-state index in [1.165, 1.54) is 12.8 Å². The number of hydrogen-bond donors (Lipinski definition) is 2. The zero-order valence-corrected chi connectivity index (χ0v) is 14.7. The number of nitrogens with zero attached hydrogens (tertiary/aromatic N) is 1. The second-order valence-corrected chi connectivity index (χ2v) is 7.65. The largest absolute Gasteiger partial charge is 0.390 e. The fourth-order valence-corrected chi connectivity index (χ4v) is 3.92. The summed E-state index contributed by atoms with van der Waals surface area (Å²) < 4.78 is 0. The van der Waals surface area contributed by atoms with Gasteiger partial charge in [0.2, 0.25) is 5.91 Å². The molecule has 2 N–H and O–H groups in total. The van der Waals surface area contributed by atoms with Gasteiger partial charge in [-0.2, -0.15) is 0 Å². The van der Waals surface area contributed by atoms with E-state index < -0.39 is 6.10 Å². The first-order valence-electron chi connectivity index (χ1n) is 9.34. The lowest BCUT2D eigenvalue weighted by molar-refractivity contribution is -0.130. The van der Waals surface area contributed by atoms with Crippen molar-refractivity contribution in [2.24, 2.45) is 5.92 Å². The molecule has 2 fully saturated rings. The van der Waals surface area contributed by atoms with E-state index in [0.29, 0.717) is 13.1 Å². The third-order valence-corrected chi connectivity index (χ3v) is 5.81. The molecule has 1 aliphatic heterocycles. The van der Waals surface area contributed by atoms with Gasteiger partial charge in [0.15, 0.2) is 0 Å². The Bertz CT molecular complexity index is 534. The van der Waals surface area contributed by atoms with Crippen LogP contribution in [0, 0.1) is 5.92 Å². The van der Waals surface area contributed by atoms with Gasteiger partial charge in [-0.3, -0.25) is 4.79 Å². The van der Waals surface area contributed by atoms with Crippen molar-refractivity contribution >= 4 is 5.91 Å². The summed E-state index contributed by atoms with van der Waals surface area (Å²) in [6, 6.07) is 10.1. The van der Waals surface area contributed by atoms with E-state index in [1.807, 2.05) is 30.3 Å². The van der Waals surface area contributed by atoms with Crippen LogP contribution in [0.3, 0.4) is 0 Å². The SMILES string of the molecule is CC1CCN(CC(O)CNC(=O)C2(c3ccccc3)CCC2)CC1. The molecule has 4 heteroatoms. The Morgan fingerprint density at radius 2 is 1.96 bits per heavy atom. The van der Waals surface area contributed by atoms with Gasteiger partial charge in [0.25, 0.3) is 0 Å². The van der Waals surface area contributed by atoms with Crippen LogP contribution in [0.5, 0.6) is 0 Å². The van der Waals surface area contributed by atoms with Gasteiger partial charge < -0.3 is 15.3 Å². The van der Waals surface area contributed by atoms with Gasteiger partial charge in [-0.05, 0) is 50.3 Å². The number of piperidine rings is 1. The maximum atomic E-state index is 12.8. The minimum atomic E-state index is -0.491. The second kappa shape index (κ2) is 7.66. The number of β-amino-alcohol motifs (C(OH)–C–C–N with tert-alkyl or cyclic N) is 1. The van der Waals surface area contributed by atoms with Crippen LogP contribution >= 0.6 is 0 Å². The standard InChI is InChI=1S/C20H30N2O2/c1-16-8-12-22(13-9-16)15-18(23)14-21-19(24)20(10-5-11-20)17-6-3-2-4-7-17/h2-4,6-7,16,18,23H,5,8-15H2,1H3,(H,21,24). The number of hydrogen-bond acceptors (Lipinski definition) is 3. The molecule has 1 aliphatic carbocycles. The Labute approximate surface area is 145 Å². The lowest BCUT2D eigenvalue weighted by Crippen LogP contribution is -2.51. The summed E-state index contributed by atoms with van der Waals surface area (Å²) in [5.74, 6) is 0.869. The van der Waals surface area contributed by atoms with Crippen molar-refractivity contribution in [1.82, 2.24) is 10.2 Å². The number of aliphatic hydroxyl groups excluding tert-OH is 1. The summed E-state index contributed by atoms with van der Waals surface area (Å²) in [4.78, 5) is 15.1. The van der Waals surface area contributed by atoms with E-state index in [0.717, 1.165) is 43.8 Å². The number of carbonyl (C=O) groups excluding carboxylic acids is 1. The van der Waals surface area contributed by atoms with Gasteiger partial charge in [0.05, 0.1) is 11.5 Å². The second-order valence-electron chi connectivity index (χ2n) is 7.65. The van der Waals surface area contributed by atoms with E-state index in [9.17, 15) is 9.90 Å². The monoisotopic (exact) mass is 330 g/mol. The minimum absolute atomic E-state index is 0.0752. The van der Waals surface area contributed by atoms with Crippen molar-refractivity contribution in [2.45, 2.75) is 50.5 Å². The zero-order valence-electron chi connectivity index (χ0n) is 14.7. The lowest BCUT2D eigenvalue weighted by Gasteiger charge is -2.41. The van der Waals surface area contributed by atoms with Crippen LogP contribution < -0.4 is 5.32 Å². The Morgan fingerprint density at radius 3 is 2.54 bits per heavy atom. The predicted molar refractivity (Wildman–Crippen MR) is 95.8 cm³/mol. The molecule has 1 amide bonds. The number of carbonyl (C=O) groups is 1. The lowest BCUT2D eigenvalue weighted by atomic mass is 9.64. The molecule has 132 valence electrons. The minimum Gasteiger partial charge on any atom is -0.390 e. The van der Waals surface area contributed by atoms with Crippen molar-refractivity contribution in [3.8, 4) is 0 Å². The number of likely N-dealkylation sites (tertiary alicyclic amines) is 1. The molecule has 0 bridgehead atoms. The van der Waals surface area contributed by atoms with Crippen LogP contribution in [-0.2, 0) is 10.2 Å². The first-order valence-corrected chi connectivity index (χ1v) is 9.34. The maximum absolute atomic E-state index is 12.8. The van der Waals surface area contributed by atoms with Crippen molar-refractivity contribution < 1.29 is 9.90 Å². The van der Waals surface area contributed by atoms with Crippen molar-refractivity contribution in [3.05, 3.63) is 35.9 Å². The molecule has 1 heterocycles. The highest BCUT2D eigenvalue weighted by Crippen LogP contribution is 2.43. The molecule has 1 aromatic carbocycles. The summed E-state index contributed by atoms with van der Waals surface area (Å²) >= 11 is 0. The van der Waals surface area contributed by atoms with E-state index in [-0.39, 0.29) is 11.3 Å². The third kappa shape index (κ3) is 3.81. The molecule has 0 aromatic heterocycles. The van der Waals surface area contributed by atoms with E-state index in [2.05, 4.69) is 17.1 Å². The van der Waals surface area contributed by atoms with Crippen molar-refractivity contribution in [1.29, 1.82) is 0 Å². The fraction of sp³-hybridized carbons (Fsp3) is 0.650. The molecule has 24 heavy (non-hydrogen) atoms. The molecule has 1 aromatic rings. The van der Waals surface area contributed by atoms with Gasteiger partial charge in [-0.15, -0.1) is 0 Å². The Kier molecular flexibility index (Phi) is 5.57. The van der Waals surface area contributed by atoms with Gasteiger partial charge in [-0.1, -0.05) is 43.7 Å². The average Bonchev–Trinajstić information content (AvgIpc) is 2.55. The number of aliphatic hydroxyl groups is 1. The molecule has 1 atom stereocenters. The molecule has 0 radical (unpaired) electrons. The molecule has 4 nitrogen and oxygen atoms in total. The molecule has 3 rings (SSSR count). The molecule has 1 saturated heterocycles. The van der Waals surface area contributed by atoms with Crippen LogP contribution in [0.25, 0.3) is 0 Å².